The van der Waals surface area contributed by atoms with Crippen LogP contribution in [0.1, 0.15) is 27.2 Å². The van der Waals surface area contributed by atoms with Crippen LogP contribution in [0.3, 0.4) is 0 Å². The molecule has 1 aromatic heterocycles. The fraction of sp³-hybridized carbons (Fsp3) is 0.667. The van der Waals surface area contributed by atoms with Crippen molar-refractivity contribution in [3.63, 3.8) is 0 Å². The summed E-state index contributed by atoms with van der Waals surface area (Å²) in [5.41, 5.74) is 0. The van der Waals surface area contributed by atoms with Gasteiger partial charge in [-0.1, -0.05) is 13.8 Å². The molecule has 0 radical (unpaired) electrons. The van der Waals surface area contributed by atoms with Crippen molar-refractivity contribution in [2.24, 2.45) is 5.92 Å². The minimum atomic E-state index is -3.64. The number of hydrogen-bond acceptors (Lipinski definition) is 4. The van der Waals surface area contributed by atoms with Crippen molar-refractivity contribution in [2.75, 3.05) is 7.05 Å². The maximum atomic E-state index is 12.4. The van der Waals surface area contributed by atoms with Crippen LogP contribution >= 0.6 is 0 Å². The van der Waals surface area contributed by atoms with Crippen LogP contribution in [-0.4, -0.2) is 46.7 Å². The number of carbonyl (C=O) groups is 1. The Labute approximate surface area is 119 Å². The van der Waals surface area contributed by atoms with Gasteiger partial charge < -0.3 is 5.11 Å². The van der Waals surface area contributed by atoms with Gasteiger partial charge >= 0.3 is 5.97 Å². The summed E-state index contributed by atoms with van der Waals surface area (Å²) in [6, 6.07) is -0.136. The molecule has 1 N–H and O–H groups in total. The summed E-state index contributed by atoms with van der Waals surface area (Å²) in [5.74, 6) is -0.684. The molecule has 7 nitrogen and oxygen atoms in total. The van der Waals surface area contributed by atoms with E-state index in [2.05, 4.69) is 5.10 Å². The lowest BCUT2D eigenvalue weighted by atomic mass is 10.1. The Morgan fingerprint density at radius 3 is 2.55 bits per heavy atom. The number of aromatic nitrogens is 2. The third-order valence-electron chi connectivity index (χ3n) is 3.02. The van der Waals surface area contributed by atoms with E-state index in [9.17, 15) is 13.2 Å². The minimum absolute atomic E-state index is 0.0110. The van der Waals surface area contributed by atoms with Gasteiger partial charge in [-0.2, -0.15) is 9.40 Å². The van der Waals surface area contributed by atoms with Crippen molar-refractivity contribution in [2.45, 2.75) is 44.7 Å². The van der Waals surface area contributed by atoms with Crippen LogP contribution in [0.15, 0.2) is 17.3 Å². The molecule has 1 aromatic rings. The van der Waals surface area contributed by atoms with Crippen LogP contribution in [0, 0.1) is 5.92 Å². The Hall–Kier alpha value is -1.41. The van der Waals surface area contributed by atoms with Gasteiger partial charge in [0.05, 0.1) is 6.20 Å². The first-order valence-corrected chi connectivity index (χ1v) is 7.81. The SMILES string of the molecule is CC(C)CC(C)N(C)S(=O)(=O)c1cnn(CC(=O)O)c1. The molecule has 20 heavy (non-hydrogen) atoms. The van der Waals surface area contributed by atoms with E-state index in [0.29, 0.717) is 5.92 Å². The second kappa shape index (κ2) is 6.36. The van der Waals surface area contributed by atoms with Crippen molar-refractivity contribution in [3.8, 4) is 0 Å². The van der Waals surface area contributed by atoms with Crippen molar-refractivity contribution >= 4 is 16.0 Å². The highest BCUT2D eigenvalue weighted by atomic mass is 32.2. The number of aliphatic carboxylic acids is 1. The lowest BCUT2D eigenvalue weighted by Gasteiger charge is -2.24. The Balaban J connectivity index is 2.92. The molecule has 1 heterocycles. The number of sulfonamides is 1. The fourth-order valence-corrected chi connectivity index (χ4v) is 3.26. The third-order valence-corrected chi connectivity index (χ3v) is 4.94. The van der Waals surface area contributed by atoms with Gasteiger partial charge in [0.25, 0.3) is 0 Å². The van der Waals surface area contributed by atoms with E-state index in [1.165, 1.54) is 23.7 Å². The molecule has 0 saturated carbocycles. The largest absolute Gasteiger partial charge is 0.480 e. The summed E-state index contributed by atoms with van der Waals surface area (Å²) in [6.45, 7) is 5.55. The molecule has 0 fully saturated rings. The highest BCUT2D eigenvalue weighted by Crippen LogP contribution is 2.19. The number of carboxylic acid groups (broad SMARTS) is 1. The first kappa shape index (κ1) is 16.6. The second-order valence-corrected chi connectivity index (χ2v) is 7.26. The van der Waals surface area contributed by atoms with Gasteiger partial charge in [0.15, 0.2) is 0 Å². The lowest BCUT2D eigenvalue weighted by molar-refractivity contribution is -0.137. The van der Waals surface area contributed by atoms with Crippen molar-refractivity contribution < 1.29 is 18.3 Å². The molecule has 0 bridgehead atoms. The third kappa shape index (κ3) is 4.04. The van der Waals surface area contributed by atoms with Gasteiger partial charge in [-0.05, 0) is 19.3 Å². The van der Waals surface area contributed by atoms with Crippen LogP contribution in [0.2, 0.25) is 0 Å². The average molecular weight is 303 g/mol. The first-order chi connectivity index (χ1) is 9.14. The zero-order valence-corrected chi connectivity index (χ0v) is 13.0. The molecule has 0 aromatic carbocycles. The molecular weight excluding hydrogens is 282 g/mol. The molecule has 8 heteroatoms. The zero-order valence-electron chi connectivity index (χ0n) is 12.1. The summed E-state index contributed by atoms with van der Waals surface area (Å²) < 4.78 is 27.2. The Morgan fingerprint density at radius 2 is 2.05 bits per heavy atom. The van der Waals surface area contributed by atoms with E-state index in [0.717, 1.165) is 11.1 Å². The maximum absolute atomic E-state index is 12.4. The van der Waals surface area contributed by atoms with E-state index >= 15 is 0 Å². The molecule has 0 saturated heterocycles. The molecule has 0 amide bonds. The van der Waals surface area contributed by atoms with Crippen LogP contribution < -0.4 is 0 Å². The van der Waals surface area contributed by atoms with Gasteiger partial charge in [-0.3, -0.25) is 9.48 Å². The Bertz CT molecular complexity index is 565. The first-order valence-electron chi connectivity index (χ1n) is 6.37. The van der Waals surface area contributed by atoms with Crippen molar-refractivity contribution in [1.82, 2.24) is 14.1 Å². The number of nitrogens with zero attached hydrogens (tertiary/aromatic N) is 3. The summed E-state index contributed by atoms with van der Waals surface area (Å²) >= 11 is 0. The molecule has 1 atom stereocenters. The van der Waals surface area contributed by atoms with E-state index in [1.807, 2.05) is 20.8 Å². The van der Waals surface area contributed by atoms with Gasteiger partial charge in [0.1, 0.15) is 11.4 Å². The predicted molar refractivity (Wildman–Crippen MR) is 73.7 cm³/mol. The maximum Gasteiger partial charge on any atom is 0.325 e. The summed E-state index contributed by atoms with van der Waals surface area (Å²) in [5, 5.41) is 12.4. The van der Waals surface area contributed by atoms with E-state index in [-0.39, 0.29) is 17.5 Å². The second-order valence-electron chi connectivity index (χ2n) is 5.27. The Kier molecular flexibility index (Phi) is 5.29. The van der Waals surface area contributed by atoms with E-state index in [4.69, 9.17) is 5.11 Å². The van der Waals surface area contributed by atoms with Crippen LogP contribution in [0.5, 0.6) is 0 Å². The smallest absolute Gasteiger partial charge is 0.325 e. The lowest BCUT2D eigenvalue weighted by Crippen LogP contribution is -2.35. The highest BCUT2D eigenvalue weighted by molar-refractivity contribution is 7.89. The molecule has 0 aliphatic carbocycles. The standard InChI is InChI=1S/C12H21N3O4S/c1-9(2)5-10(3)14(4)20(18,19)11-6-13-15(7-11)8-12(16)17/h6-7,9-10H,5,8H2,1-4H3,(H,16,17). The average Bonchev–Trinajstić information content (AvgIpc) is 2.75. The van der Waals surface area contributed by atoms with Gasteiger partial charge in [0.2, 0.25) is 10.0 Å². The Morgan fingerprint density at radius 1 is 1.45 bits per heavy atom. The molecule has 0 spiro atoms. The highest BCUT2D eigenvalue weighted by Gasteiger charge is 2.27. The van der Waals surface area contributed by atoms with E-state index < -0.39 is 16.0 Å². The summed E-state index contributed by atoms with van der Waals surface area (Å²) in [4.78, 5) is 10.6. The van der Waals surface area contributed by atoms with Crippen molar-refractivity contribution in [1.29, 1.82) is 0 Å². The van der Waals surface area contributed by atoms with E-state index in [1.54, 1.807) is 0 Å². The summed E-state index contributed by atoms with van der Waals surface area (Å²) in [6.07, 6.45) is 3.16. The minimum Gasteiger partial charge on any atom is -0.480 e. The topological polar surface area (TPSA) is 92.5 Å². The number of hydrogen-bond donors (Lipinski definition) is 1. The molecule has 0 aliphatic heterocycles. The number of rotatable bonds is 7. The van der Waals surface area contributed by atoms with Gasteiger partial charge in [-0.25, -0.2) is 8.42 Å². The van der Waals surface area contributed by atoms with Crippen LogP contribution in [-0.2, 0) is 21.4 Å². The molecular formula is C12H21N3O4S. The quantitative estimate of drug-likeness (QED) is 0.812. The fourth-order valence-electron chi connectivity index (χ4n) is 1.94. The molecule has 1 rings (SSSR count). The monoisotopic (exact) mass is 303 g/mol. The normalized spacial score (nSPS) is 13.9. The number of carboxylic acids is 1. The summed E-state index contributed by atoms with van der Waals surface area (Å²) in [7, 11) is -2.12. The van der Waals surface area contributed by atoms with Gasteiger partial charge in [0, 0.05) is 19.3 Å². The molecule has 1 unspecified atom stereocenters. The zero-order chi connectivity index (χ0) is 15.5. The molecule has 0 aliphatic rings. The predicted octanol–water partition coefficient (Wildman–Crippen LogP) is 1.02. The van der Waals surface area contributed by atoms with Crippen LogP contribution in [0.25, 0.3) is 0 Å². The van der Waals surface area contributed by atoms with Crippen LogP contribution in [0.4, 0.5) is 0 Å². The molecule has 114 valence electrons. The van der Waals surface area contributed by atoms with Crippen molar-refractivity contribution in [3.05, 3.63) is 12.4 Å². The van der Waals surface area contributed by atoms with Gasteiger partial charge in [-0.15, -0.1) is 0 Å².